The molecule has 2 heterocycles. The molecule has 1 amide bonds. The third-order valence-corrected chi connectivity index (χ3v) is 5.36. The molecule has 1 aromatic carbocycles. The summed E-state index contributed by atoms with van der Waals surface area (Å²) in [5.74, 6) is 1.50. The van der Waals surface area contributed by atoms with Crippen molar-refractivity contribution in [1.29, 1.82) is 0 Å². The molecular formula is C20H28N4O2S. The molecule has 3 rings (SSSR count). The number of hydrogen-bond acceptors (Lipinski definition) is 6. The summed E-state index contributed by atoms with van der Waals surface area (Å²) in [6.45, 7) is 6.33. The van der Waals surface area contributed by atoms with Gasteiger partial charge in [0.05, 0.1) is 6.54 Å². The standard InChI is InChI=1S/C20H28N4O2S/c1-27-13-5-8-21-20(25)18-16-26-19(22-18)15-24-11-9-23(10-12-24)14-17-6-3-2-4-7-17/h2-4,6-7,16H,5,8-15H2,1H3,(H,21,25). The lowest BCUT2D eigenvalue weighted by Crippen LogP contribution is -2.45. The molecule has 27 heavy (non-hydrogen) atoms. The normalized spacial score (nSPS) is 15.7. The molecule has 1 N–H and O–H groups in total. The fraction of sp³-hybridized carbons (Fsp3) is 0.500. The molecular weight excluding hydrogens is 360 g/mol. The average Bonchev–Trinajstić information content (AvgIpc) is 3.16. The van der Waals surface area contributed by atoms with E-state index in [1.165, 1.54) is 11.8 Å². The number of piperazine rings is 1. The number of rotatable bonds is 9. The topological polar surface area (TPSA) is 61.6 Å². The molecule has 0 aliphatic carbocycles. The first-order valence-electron chi connectivity index (χ1n) is 9.45. The van der Waals surface area contributed by atoms with Gasteiger partial charge >= 0.3 is 0 Å². The predicted molar refractivity (Wildman–Crippen MR) is 109 cm³/mol. The molecule has 1 saturated heterocycles. The Hall–Kier alpha value is -1.83. The van der Waals surface area contributed by atoms with Crippen molar-refractivity contribution >= 4 is 17.7 Å². The van der Waals surface area contributed by atoms with Crippen LogP contribution in [0.1, 0.15) is 28.4 Å². The first-order chi connectivity index (χ1) is 13.2. The van der Waals surface area contributed by atoms with E-state index in [0.29, 0.717) is 24.7 Å². The van der Waals surface area contributed by atoms with Crippen LogP contribution in [0.3, 0.4) is 0 Å². The number of thioether (sulfide) groups is 1. The van der Waals surface area contributed by atoms with Crippen LogP contribution in [0.5, 0.6) is 0 Å². The van der Waals surface area contributed by atoms with Gasteiger partial charge in [-0.1, -0.05) is 30.3 Å². The maximum absolute atomic E-state index is 12.1. The highest BCUT2D eigenvalue weighted by atomic mass is 32.2. The molecule has 0 atom stereocenters. The Morgan fingerprint density at radius 1 is 1.15 bits per heavy atom. The first-order valence-corrected chi connectivity index (χ1v) is 10.8. The highest BCUT2D eigenvalue weighted by Crippen LogP contribution is 2.11. The number of aromatic nitrogens is 1. The number of carbonyl (C=O) groups excluding carboxylic acids is 1. The zero-order chi connectivity index (χ0) is 18.9. The summed E-state index contributed by atoms with van der Waals surface area (Å²) in [4.78, 5) is 21.2. The Labute approximate surface area is 165 Å². The molecule has 0 saturated carbocycles. The summed E-state index contributed by atoms with van der Waals surface area (Å²) in [7, 11) is 0. The van der Waals surface area contributed by atoms with Gasteiger partial charge in [0.15, 0.2) is 5.69 Å². The molecule has 146 valence electrons. The monoisotopic (exact) mass is 388 g/mol. The van der Waals surface area contributed by atoms with Crippen LogP contribution in [0.15, 0.2) is 41.0 Å². The van der Waals surface area contributed by atoms with Gasteiger partial charge in [-0.2, -0.15) is 11.8 Å². The summed E-state index contributed by atoms with van der Waals surface area (Å²) in [6, 6.07) is 10.6. The number of oxazole rings is 1. The minimum atomic E-state index is -0.154. The minimum absolute atomic E-state index is 0.154. The van der Waals surface area contributed by atoms with Gasteiger partial charge in [-0.15, -0.1) is 0 Å². The van der Waals surface area contributed by atoms with E-state index < -0.39 is 0 Å². The Morgan fingerprint density at radius 2 is 1.85 bits per heavy atom. The highest BCUT2D eigenvalue weighted by molar-refractivity contribution is 7.98. The summed E-state index contributed by atoms with van der Waals surface area (Å²) >= 11 is 1.78. The Morgan fingerprint density at radius 3 is 2.56 bits per heavy atom. The van der Waals surface area contributed by atoms with E-state index in [4.69, 9.17) is 4.42 Å². The lowest BCUT2D eigenvalue weighted by Gasteiger charge is -2.34. The fourth-order valence-electron chi connectivity index (χ4n) is 3.14. The zero-order valence-corrected chi connectivity index (χ0v) is 16.7. The third-order valence-electron chi connectivity index (χ3n) is 4.67. The van der Waals surface area contributed by atoms with Crippen LogP contribution in [-0.4, -0.2) is 65.4 Å². The molecule has 1 aromatic heterocycles. The van der Waals surface area contributed by atoms with Crippen molar-refractivity contribution < 1.29 is 9.21 Å². The summed E-state index contributed by atoms with van der Waals surface area (Å²) in [5.41, 5.74) is 1.73. The second-order valence-corrected chi connectivity index (χ2v) is 7.75. The fourth-order valence-corrected chi connectivity index (χ4v) is 3.57. The molecule has 0 radical (unpaired) electrons. The molecule has 1 aliphatic rings. The number of nitrogens with zero attached hydrogens (tertiary/aromatic N) is 3. The Bertz CT molecular complexity index is 699. The van der Waals surface area contributed by atoms with E-state index >= 15 is 0 Å². The van der Waals surface area contributed by atoms with Gasteiger partial charge in [0, 0.05) is 39.3 Å². The number of amides is 1. The van der Waals surface area contributed by atoms with Crippen LogP contribution >= 0.6 is 11.8 Å². The van der Waals surface area contributed by atoms with E-state index in [9.17, 15) is 4.79 Å². The Kier molecular flexibility index (Phi) is 7.74. The van der Waals surface area contributed by atoms with Crippen LogP contribution in [0, 0.1) is 0 Å². The van der Waals surface area contributed by atoms with Gasteiger partial charge in [-0.25, -0.2) is 4.98 Å². The van der Waals surface area contributed by atoms with Gasteiger partial charge in [0.1, 0.15) is 6.26 Å². The number of hydrogen-bond donors (Lipinski definition) is 1. The van der Waals surface area contributed by atoms with E-state index in [1.807, 2.05) is 0 Å². The van der Waals surface area contributed by atoms with Gasteiger partial charge in [0.25, 0.3) is 5.91 Å². The number of benzene rings is 1. The van der Waals surface area contributed by atoms with Crippen molar-refractivity contribution in [1.82, 2.24) is 20.1 Å². The second-order valence-electron chi connectivity index (χ2n) is 6.77. The number of nitrogens with one attached hydrogen (secondary N) is 1. The van der Waals surface area contributed by atoms with E-state index in [-0.39, 0.29) is 5.91 Å². The third kappa shape index (κ3) is 6.37. The van der Waals surface area contributed by atoms with Gasteiger partial charge in [-0.3, -0.25) is 14.6 Å². The predicted octanol–water partition coefficient (Wildman–Crippen LogP) is 2.48. The molecule has 6 nitrogen and oxygen atoms in total. The first kappa shape index (κ1) is 19.9. The van der Waals surface area contributed by atoms with Crippen molar-refractivity contribution in [3.05, 3.63) is 53.7 Å². The average molecular weight is 389 g/mol. The van der Waals surface area contributed by atoms with Crippen LogP contribution in [-0.2, 0) is 13.1 Å². The van der Waals surface area contributed by atoms with Crippen molar-refractivity contribution in [3.8, 4) is 0 Å². The molecule has 0 bridgehead atoms. The van der Waals surface area contributed by atoms with E-state index in [2.05, 4.69) is 56.7 Å². The van der Waals surface area contributed by atoms with Crippen molar-refractivity contribution in [2.45, 2.75) is 19.5 Å². The van der Waals surface area contributed by atoms with Gasteiger partial charge < -0.3 is 9.73 Å². The number of carbonyl (C=O) groups is 1. The van der Waals surface area contributed by atoms with Gasteiger partial charge in [-0.05, 0) is 24.0 Å². The molecule has 0 spiro atoms. The molecule has 7 heteroatoms. The summed E-state index contributed by atoms with van der Waals surface area (Å²) in [5, 5.41) is 2.88. The van der Waals surface area contributed by atoms with Crippen LogP contribution in [0.4, 0.5) is 0 Å². The Balaban J connectivity index is 1.40. The van der Waals surface area contributed by atoms with Crippen LogP contribution < -0.4 is 5.32 Å². The van der Waals surface area contributed by atoms with E-state index in [1.54, 1.807) is 11.8 Å². The zero-order valence-electron chi connectivity index (χ0n) is 15.9. The quantitative estimate of drug-likeness (QED) is 0.666. The summed E-state index contributed by atoms with van der Waals surface area (Å²) < 4.78 is 5.51. The van der Waals surface area contributed by atoms with Gasteiger partial charge in [0.2, 0.25) is 5.89 Å². The highest BCUT2D eigenvalue weighted by Gasteiger charge is 2.19. The molecule has 0 unspecified atom stereocenters. The van der Waals surface area contributed by atoms with Crippen molar-refractivity contribution in [2.24, 2.45) is 0 Å². The lowest BCUT2D eigenvalue weighted by atomic mass is 10.2. The lowest BCUT2D eigenvalue weighted by molar-refractivity contribution is 0.0948. The molecule has 1 aliphatic heterocycles. The molecule has 2 aromatic rings. The SMILES string of the molecule is CSCCCNC(=O)c1coc(CN2CCN(Cc3ccccc3)CC2)n1. The second kappa shape index (κ2) is 10.5. The molecule has 1 fully saturated rings. The maximum atomic E-state index is 12.1. The van der Waals surface area contributed by atoms with Crippen molar-refractivity contribution in [3.63, 3.8) is 0 Å². The largest absolute Gasteiger partial charge is 0.447 e. The minimum Gasteiger partial charge on any atom is -0.447 e. The van der Waals surface area contributed by atoms with E-state index in [0.717, 1.165) is 44.9 Å². The van der Waals surface area contributed by atoms with Crippen molar-refractivity contribution in [2.75, 3.05) is 44.7 Å². The maximum Gasteiger partial charge on any atom is 0.273 e. The summed E-state index contributed by atoms with van der Waals surface area (Å²) in [6.07, 6.45) is 4.49. The smallest absolute Gasteiger partial charge is 0.273 e. The van der Waals surface area contributed by atoms with Crippen LogP contribution in [0.25, 0.3) is 0 Å². The van der Waals surface area contributed by atoms with Crippen LogP contribution in [0.2, 0.25) is 0 Å².